The third-order valence-corrected chi connectivity index (χ3v) is 4.83. The molecule has 0 amide bonds. The third kappa shape index (κ3) is 4.29. The van der Waals surface area contributed by atoms with Crippen molar-refractivity contribution < 1.29 is 14.2 Å². The van der Waals surface area contributed by atoms with Gasteiger partial charge in [-0.15, -0.1) is 0 Å². The molecule has 0 bridgehead atoms. The number of ether oxygens (including phenoxy) is 3. The molecule has 1 heterocycles. The van der Waals surface area contributed by atoms with Crippen LogP contribution in [0.2, 0.25) is 0 Å². The van der Waals surface area contributed by atoms with E-state index in [4.69, 9.17) is 14.2 Å². The van der Waals surface area contributed by atoms with Crippen LogP contribution in [-0.2, 0) is 0 Å². The molecule has 0 saturated carbocycles. The number of methoxy groups -OCH3 is 2. The highest BCUT2D eigenvalue weighted by molar-refractivity contribution is 5.76. The Hall–Kier alpha value is -2.24. The van der Waals surface area contributed by atoms with Gasteiger partial charge in [0.15, 0.2) is 11.5 Å². The minimum Gasteiger partial charge on any atom is -0.492 e. The first-order valence-electron chi connectivity index (χ1n) is 9.07. The number of likely N-dealkylation sites (N-methyl/N-ethyl adjacent to an activating group) is 1. The SMILES string of the molecule is COc1c(OCCN2CCN(C)CC2)ccc(-c2ccccc2)c1OC. The molecule has 0 spiro atoms. The van der Waals surface area contributed by atoms with Crippen LogP contribution in [0.15, 0.2) is 42.5 Å². The van der Waals surface area contributed by atoms with E-state index in [2.05, 4.69) is 29.0 Å². The van der Waals surface area contributed by atoms with Crippen molar-refractivity contribution in [3.8, 4) is 28.4 Å². The lowest BCUT2D eigenvalue weighted by atomic mass is 10.0. The predicted octanol–water partition coefficient (Wildman–Crippen LogP) is 3.00. The second-order valence-corrected chi connectivity index (χ2v) is 6.54. The molecule has 0 unspecified atom stereocenters. The summed E-state index contributed by atoms with van der Waals surface area (Å²) in [6.45, 7) is 5.96. The maximum absolute atomic E-state index is 6.03. The molecule has 1 saturated heterocycles. The number of benzene rings is 2. The van der Waals surface area contributed by atoms with Gasteiger partial charge in [0.1, 0.15) is 6.61 Å². The minimum absolute atomic E-state index is 0.633. The molecular weight excluding hydrogens is 328 g/mol. The van der Waals surface area contributed by atoms with Gasteiger partial charge in [-0.2, -0.15) is 0 Å². The molecule has 0 radical (unpaired) electrons. The minimum atomic E-state index is 0.633. The number of rotatable bonds is 7. The molecule has 0 N–H and O–H groups in total. The fraction of sp³-hybridized carbons (Fsp3) is 0.429. The van der Waals surface area contributed by atoms with Crippen LogP contribution in [0.1, 0.15) is 0 Å². The second-order valence-electron chi connectivity index (χ2n) is 6.54. The van der Waals surface area contributed by atoms with E-state index >= 15 is 0 Å². The van der Waals surface area contributed by atoms with Crippen molar-refractivity contribution in [1.29, 1.82) is 0 Å². The molecule has 2 aromatic carbocycles. The van der Waals surface area contributed by atoms with E-state index in [0.29, 0.717) is 18.1 Å². The monoisotopic (exact) mass is 356 g/mol. The Morgan fingerprint density at radius 3 is 2.19 bits per heavy atom. The number of hydrogen-bond acceptors (Lipinski definition) is 5. The van der Waals surface area contributed by atoms with E-state index < -0.39 is 0 Å². The highest BCUT2D eigenvalue weighted by Crippen LogP contribution is 2.44. The molecule has 1 aliphatic heterocycles. The summed E-state index contributed by atoms with van der Waals surface area (Å²) < 4.78 is 17.3. The van der Waals surface area contributed by atoms with E-state index in [-0.39, 0.29) is 0 Å². The Bertz CT molecular complexity index is 698. The molecule has 140 valence electrons. The van der Waals surface area contributed by atoms with Crippen molar-refractivity contribution in [2.24, 2.45) is 0 Å². The lowest BCUT2D eigenvalue weighted by Crippen LogP contribution is -2.45. The zero-order valence-electron chi connectivity index (χ0n) is 15.9. The molecule has 5 heteroatoms. The molecule has 0 aromatic heterocycles. The zero-order valence-corrected chi connectivity index (χ0v) is 15.9. The van der Waals surface area contributed by atoms with Crippen LogP contribution in [0.25, 0.3) is 11.1 Å². The van der Waals surface area contributed by atoms with Crippen LogP contribution in [0.5, 0.6) is 17.2 Å². The number of hydrogen-bond donors (Lipinski definition) is 0. The average Bonchev–Trinajstić information content (AvgIpc) is 2.69. The van der Waals surface area contributed by atoms with Crippen LogP contribution in [0.4, 0.5) is 0 Å². The van der Waals surface area contributed by atoms with Gasteiger partial charge in [0.05, 0.1) is 14.2 Å². The summed E-state index contributed by atoms with van der Waals surface area (Å²) in [5.41, 5.74) is 2.09. The molecule has 26 heavy (non-hydrogen) atoms. The van der Waals surface area contributed by atoms with Crippen molar-refractivity contribution in [2.45, 2.75) is 0 Å². The first-order valence-corrected chi connectivity index (χ1v) is 9.07. The summed E-state index contributed by atoms with van der Waals surface area (Å²) in [4.78, 5) is 4.79. The van der Waals surface area contributed by atoms with Gasteiger partial charge < -0.3 is 19.1 Å². The topological polar surface area (TPSA) is 34.2 Å². The summed E-state index contributed by atoms with van der Waals surface area (Å²) in [7, 11) is 5.48. The number of nitrogens with zero attached hydrogens (tertiary/aromatic N) is 2. The molecule has 2 aromatic rings. The summed E-state index contributed by atoms with van der Waals surface area (Å²) in [5, 5.41) is 0. The maximum Gasteiger partial charge on any atom is 0.203 e. The highest BCUT2D eigenvalue weighted by atomic mass is 16.5. The first kappa shape index (κ1) is 18.5. The van der Waals surface area contributed by atoms with Crippen molar-refractivity contribution in [3.63, 3.8) is 0 Å². The Morgan fingerprint density at radius 2 is 1.54 bits per heavy atom. The van der Waals surface area contributed by atoms with Crippen molar-refractivity contribution in [2.75, 3.05) is 60.6 Å². The Labute approximate surface area is 156 Å². The lowest BCUT2D eigenvalue weighted by molar-refractivity contribution is 0.132. The van der Waals surface area contributed by atoms with Gasteiger partial charge in [-0.3, -0.25) is 4.90 Å². The smallest absolute Gasteiger partial charge is 0.203 e. The van der Waals surface area contributed by atoms with Gasteiger partial charge in [0.2, 0.25) is 5.75 Å². The summed E-state index contributed by atoms with van der Waals surface area (Å²) in [5.74, 6) is 2.07. The zero-order chi connectivity index (χ0) is 18.4. The molecule has 0 atom stereocenters. The van der Waals surface area contributed by atoms with Crippen molar-refractivity contribution in [1.82, 2.24) is 9.80 Å². The molecule has 1 aliphatic rings. The van der Waals surface area contributed by atoms with Crippen LogP contribution in [-0.4, -0.2) is 70.4 Å². The van der Waals surface area contributed by atoms with Gasteiger partial charge in [-0.1, -0.05) is 30.3 Å². The average molecular weight is 356 g/mol. The van der Waals surface area contributed by atoms with Crippen LogP contribution >= 0.6 is 0 Å². The highest BCUT2D eigenvalue weighted by Gasteiger charge is 2.18. The standard InChI is InChI=1S/C21H28N2O3/c1-22-11-13-23(14-12-22)15-16-26-19-10-9-18(17-7-5-4-6-8-17)20(24-2)21(19)25-3/h4-10H,11-16H2,1-3H3. The van der Waals surface area contributed by atoms with Gasteiger partial charge in [0.25, 0.3) is 0 Å². The largest absolute Gasteiger partial charge is 0.492 e. The van der Waals surface area contributed by atoms with Gasteiger partial charge in [-0.25, -0.2) is 0 Å². The Kier molecular flexibility index (Phi) is 6.36. The van der Waals surface area contributed by atoms with E-state index in [0.717, 1.165) is 49.6 Å². The maximum atomic E-state index is 6.03. The van der Waals surface area contributed by atoms with Crippen LogP contribution in [0, 0.1) is 0 Å². The second kappa shape index (κ2) is 8.92. The van der Waals surface area contributed by atoms with Gasteiger partial charge in [-0.05, 0) is 24.7 Å². The predicted molar refractivity (Wildman–Crippen MR) is 104 cm³/mol. The van der Waals surface area contributed by atoms with Crippen LogP contribution in [0.3, 0.4) is 0 Å². The van der Waals surface area contributed by atoms with Gasteiger partial charge >= 0.3 is 0 Å². The lowest BCUT2D eigenvalue weighted by Gasteiger charge is -2.32. The van der Waals surface area contributed by atoms with E-state index in [1.807, 2.05) is 30.3 Å². The molecule has 1 fully saturated rings. The van der Waals surface area contributed by atoms with E-state index in [9.17, 15) is 0 Å². The van der Waals surface area contributed by atoms with Crippen LogP contribution < -0.4 is 14.2 Å². The third-order valence-electron chi connectivity index (χ3n) is 4.83. The molecule has 5 nitrogen and oxygen atoms in total. The normalized spacial score (nSPS) is 15.7. The fourth-order valence-corrected chi connectivity index (χ4v) is 3.26. The fourth-order valence-electron chi connectivity index (χ4n) is 3.26. The van der Waals surface area contributed by atoms with Crippen molar-refractivity contribution >= 4 is 0 Å². The first-order chi connectivity index (χ1) is 12.7. The van der Waals surface area contributed by atoms with Gasteiger partial charge in [0, 0.05) is 38.3 Å². The molecular formula is C21H28N2O3. The summed E-state index contributed by atoms with van der Waals surface area (Å²) in [6, 6.07) is 14.2. The van der Waals surface area contributed by atoms with E-state index in [1.54, 1.807) is 14.2 Å². The number of piperazine rings is 1. The quantitative estimate of drug-likeness (QED) is 0.762. The Morgan fingerprint density at radius 1 is 0.846 bits per heavy atom. The Balaban J connectivity index is 1.71. The summed E-state index contributed by atoms with van der Waals surface area (Å²) in [6.07, 6.45) is 0. The van der Waals surface area contributed by atoms with E-state index in [1.165, 1.54) is 0 Å². The summed E-state index contributed by atoms with van der Waals surface area (Å²) >= 11 is 0. The van der Waals surface area contributed by atoms with Crippen molar-refractivity contribution in [3.05, 3.63) is 42.5 Å². The molecule has 0 aliphatic carbocycles. The molecule has 3 rings (SSSR count).